The normalized spacial score (nSPS) is 19.4. The molecule has 0 aliphatic carbocycles. The minimum absolute atomic E-state index is 0.231. The molecule has 18 heavy (non-hydrogen) atoms. The van der Waals surface area contributed by atoms with E-state index in [-0.39, 0.29) is 5.56 Å². The Kier molecular flexibility index (Phi) is 2.95. The summed E-state index contributed by atoms with van der Waals surface area (Å²) in [5.41, 5.74) is 0.937. The van der Waals surface area contributed by atoms with Gasteiger partial charge in [-0.3, -0.25) is 0 Å². The van der Waals surface area contributed by atoms with Gasteiger partial charge in [0.25, 0.3) is 0 Å². The molecule has 1 unspecified atom stereocenters. The molecule has 0 saturated carbocycles. The van der Waals surface area contributed by atoms with Gasteiger partial charge in [-0.05, 0) is 30.7 Å². The van der Waals surface area contributed by atoms with Crippen molar-refractivity contribution in [2.45, 2.75) is 24.5 Å². The van der Waals surface area contributed by atoms with E-state index in [1.54, 1.807) is 16.6 Å². The van der Waals surface area contributed by atoms with E-state index < -0.39 is 5.97 Å². The SMILES string of the molecule is O=C(O)c1ccc2nc(CC3CCCS3)nn2c1. The number of carbonyl (C=O) groups is 1. The fourth-order valence-corrected chi connectivity index (χ4v) is 3.42. The van der Waals surface area contributed by atoms with E-state index >= 15 is 0 Å². The van der Waals surface area contributed by atoms with Crippen LogP contribution < -0.4 is 0 Å². The van der Waals surface area contributed by atoms with E-state index in [2.05, 4.69) is 10.1 Å². The highest BCUT2D eigenvalue weighted by atomic mass is 32.2. The molecule has 1 aliphatic rings. The van der Waals surface area contributed by atoms with Gasteiger partial charge in [0.05, 0.1) is 5.56 Å². The summed E-state index contributed by atoms with van der Waals surface area (Å²) in [4.78, 5) is 15.3. The summed E-state index contributed by atoms with van der Waals surface area (Å²) in [6.07, 6.45) is 4.87. The molecular weight excluding hydrogens is 250 g/mol. The summed E-state index contributed by atoms with van der Waals surface area (Å²) in [5, 5.41) is 13.9. The van der Waals surface area contributed by atoms with Crippen molar-refractivity contribution >= 4 is 23.4 Å². The van der Waals surface area contributed by atoms with Crippen molar-refractivity contribution < 1.29 is 9.90 Å². The fourth-order valence-electron chi connectivity index (χ4n) is 2.15. The minimum Gasteiger partial charge on any atom is -0.478 e. The van der Waals surface area contributed by atoms with Gasteiger partial charge in [-0.15, -0.1) is 0 Å². The number of fused-ring (bicyclic) bond motifs is 1. The van der Waals surface area contributed by atoms with Gasteiger partial charge < -0.3 is 5.11 Å². The molecule has 1 N–H and O–H groups in total. The standard InChI is InChI=1S/C12H13N3O2S/c16-12(17)8-3-4-11-13-10(14-15(11)7-8)6-9-2-1-5-18-9/h3-4,7,9H,1-2,5-6H2,(H,16,17). The Morgan fingerprint density at radius 2 is 2.44 bits per heavy atom. The summed E-state index contributed by atoms with van der Waals surface area (Å²) in [6, 6.07) is 3.25. The van der Waals surface area contributed by atoms with E-state index in [1.807, 2.05) is 11.8 Å². The van der Waals surface area contributed by atoms with Crippen molar-refractivity contribution in [3.63, 3.8) is 0 Å². The van der Waals surface area contributed by atoms with Gasteiger partial charge in [0.15, 0.2) is 11.5 Å². The van der Waals surface area contributed by atoms with Crippen LogP contribution in [0, 0.1) is 0 Å². The molecule has 0 amide bonds. The lowest BCUT2D eigenvalue weighted by molar-refractivity contribution is 0.0696. The Morgan fingerprint density at radius 1 is 1.56 bits per heavy atom. The van der Waals surface area contributed by atoms with Crippen LogP contribution in [-0.4, -0.2) is 36.7 Å². The third-order valence-electron chi connectivity index (χ3n) is 3.06. The van der Waals surface area contributed by atoms with Crippen LogP contribution in [0.4, 0.5) is 0 Å². The topological polar surface area (TPSA) is 67.5 Å². The van der Waals surface area contributed by atoms with E-state index in [0.717, 1.165) is 12.2 Å². The van der Waals surface area contributed by atoms with Gasteiger partial charge in [-0.2, -0.15) is 16.9 Å². The first-order chi connectivity index (χ1) is 8.72. The Bertz CT molecular complexity index is 590. The quantitative estimate of drug-likeness (QED) is 0.915. The average Bonchev–Trinajstić information content (AvgIpc) is 2.96. The maximum absolute atomic E-state index is 10.9. The zero-order valence-electron chi connectivity index (χ0n) is 9.74. The smallest absolute Gasteiger partial charge is 0.337 e. The molecule has 0 radical (unpaired) electrons. The average molecular weight is 263 g/mol. The molecule has 0 spiro atoms. The first-order valence-electron chi connectivity index (χ1n) is 5.92. The highest BCUT2D eigenvalue weighted by molar-refractivity contribution is 8.00. The largest absolute Gasteiger partial charge is 0.478 e. The maximum atomic E-state index is 10.9. The summed E-state index contributed by atoms with van der Waals surface area (Å²) < 4.78 is 1.55. The van der Waals surface area contributed by atoms with Crippen LogP contribution >= 0.6 is 11.8 Å². The molecule has 1 aliphatic heterocycles. The van der Waals surface area contributed by atoms with Crippen LogP contribution in [-0.2, 0) is 6.42 Å². The van der Waals surface area contributed by atoms with Gasteiger partial charge in [0.1, 0.15) is 0 Å². The highest BCUT2D eigenvalue weighted by Gasteiger charge is 2.18. The lowest BCUT2D eigenvalue weighted by Crippen LogP contribution is -2.04. The molecule has 1 saturated heterocycles. The summed E-state index contributed by atoms with van der Waals surface area (Å²) >= 11 is 1.97. The Labute approximate surface area is 108 Å². The van der Waals surface area contributed by atoms with E-state index in [4.69, 9.17) is 5.11 Å². The van der Waals surface area contributed by atoms with Crippen molar-refractivity contribution in [2.24, 2.45) is 0 Å². The minimum atomic E-state index is -0.944. The van der Waals surface area contributed by atoms with Crippen molar-refractivity contribution in [1.82, 2.24) is 14.6 Å². The van der Waals surface area contributed by atoms with Gasteiger partial charge in [-0.25, -0.2) is 14.3 Å². The summed E-state index contributed by atoms with van der Waals surface area (Å²) in [6.45, 7) is 0. The second-order valence-electron chi connectivity index (χ2n) is 4.39. The number of thioether (sulfide) groups is 1. The molecule has 94 valence electrons. The van der Waals surface area contributed by atoms with Crippen LogP contribution in [0.25, 0.3) is 5.65 Å². The molecule has 3 heterocycles. The Balaban J connectivity index is 1.87. The molecule has 0 bridgehead atoms. The lowest BCUT2D eigenvalue weighted by Gasteiger charge is -2.02. The van der Waals surface area contributed by atoms with Crippen LogP contribution in [0.3, 0.4) is 0 Å². The zero-order valence-corrected chi connectivity index (χ0v) is 10.6. The maximum Gasteiger partial charge on any atom is 0.337 e. The van der Waals surface area contributed by atoms with Crippen LogP contribution in [0.1, 0.15) is 29.0 Å². The number of rotatable bonds is 3. The second kappa shape index (κ2) is 4.61. The monoisotopic (exact) mass is 263 g/mol. The molecule has 1 atom stereocenters. The number of aromatic nitrogens is 3. The fraction of sp³-hybridized carbons (Fsp3) is 0.417. The molecule has 6 heteroatoms. The number of hydrogen-bond donors (Lipinski definition) is 1. The van der Waals surface area contributed by atoms with E-state index in [1.165, 1.54) is 24.8 Å². The van der Waals surface area contributed by atoms with Crippen molar-refractivity contribution in [2.75, 3.05) is 5.75 Å². The van der Waals surface area contributed by atoms with Gasteiger partial charge in [0, 0.05) is 17.9 Å². The number of nitrogens with zero attached hydrogens (tertiary/aromatic N) is 3. The molecule has 1 fully saturated rings. The first-order valence-corrected chi connectivity index (χ1v) is 6.97. The summed E-state index contributed by atoms with van der Waals surface area (Å²) in [5.74, 6) is 1.08. The Morgan fingerprint density at radius 3 is 3.17 bits per heavy atom. The highest BCUT2D eigenvalue weighted by Crippen LogP contribution is 2.28. The summed E-state index contributed by atoms with van der Waals surface area (Å²) in [7, 11) is 0. The second-order valence-corrected chi connectivity index (χ2v) is 5.80. The molecular formula is C12H13N3O2S. The van der Waals surface area contributed by atoms with Gasteiger partial charge in [-0.1, -0.05) is 0 Å². The molecule has 0 aromatic carbocycles. The predicted molar refractivity (Wildman–Crippen MR) is 69.1 cm³/mol. The lowest BCUT2D eigenvalue weighted by atomic mass is 10.2. The molecule has 2 aromatic rings. The number of carboxylic acid groups (broad SMARTS) is 1. The predicted octanol–water partition coefficient (Wildman–Crippen LogP) is 1.87. The van der Waals surface area contributed by atoms with Crippen LogP contribution in [0.5, 0.6) is 0 Å². The van der Waals surface area contributed by atoms with Crippen LogP contribution in [0.2, 0.25) is 0 Å². The number of pyridine rings is 1. The van der Waals surface area contributed by atoms with Crippen molar-refractivity contribution in [3.8, 4) is 0 Å². The van der Waals surface area contributed by atoms with Gasteiger partial charge in [0.2, 0.25) is 0 Å². The first kappa shape index (κ1) is 11.5. The van der Waals surface area contributed by atoms with E-state index in [0.29, 0.717) is 10.9 Å². The van der Waals surface area contributed by atoms with Gasteiger partial charge >= 0.3 is 5.97 Å². The van der Waals surface area contributed by atoms with Crippen molar-refractivity contribution in [3.05, 3.63) is 29.7 Å². The number of hydrogen-bond acceptors (Lipinski definition) is 4. The molecule has 5 nitrogen and oxygen atoms in total. The third-order valence-corrected chi connectivity index (χ3v) is 4.45. The molecule has 2 aromatic heterocycles. The van der Waals surface area contributed by atoms with E-state index in [9.17, 15) is 4.79 Å². The van der Waals surface area contributed by atoms with Crippen LogP contribution in [0.15, 0.2) is 18.3 Å². The zero-order chi connectivity index (χ0) is 12.5. The van der Waals surface area contributed by atoms with Crippen molar-refractivity contribution in [1.29, 1.82) is 0 Å². The number of aromatic carboxylic acids is 1. The Hall–Kier alpha value is -1.56. The third kappa shape index (κ3) is 2.20. The number of carboxylic acids is 1. The molecule has 3 rings (SSSR count).